The van der Waals surface area contributed by atoms with Crippen LogP contribution in [0.2, 0.25) is 0 Å². The van der Waals surface area contributed by atoms with E-state index in [0.29, 0.717) is 24.7 Å². The third-order valence-electron chi connectivity index (χ3n) is 3.27. The second-order valence-electron chi connectivity index (χ2n) is 5.12. The van der Waals surface area contributed by atoms with Crippen molar-refractivity contribution in [2.75, 3.05) is 37.3 Å². The third-order valence-corrected chi connectivity index (χ3v) is 3.88. The van der Waals surface area contributed by atoms with Crippen molar-refractivity contribution in [3.8, 4) is 0 Å². The molecule has 0 amide bonds. The van der Waals surface area contributed by atoms with Gasteiger partial charge in [-0.3, -0.25) is 4.99 Å². The smallest absolute Gasteiger partial charge is 0.203 e. The average Bonchev–Trinajstić information content (AvgIpc) is 3.13. The summed E-state index contributed by atoms with van der Waals surface area (Å²) >= 11 is 3.09. The Hall–Kier alpha value is -2.89. The van der Waals surface area contributed by atoms with E-state index < -0.39 is 5.82 Å². The highest BCUT2D eigenvalue weighted by Gasteiger charge is 2.17. The van der Waals surface area contributed by atoms with E-state index in [1.54, 1.807) is 7.05 Å². The number of amidine groups is 1. The Balaban J connectivity index is 1.98. The first-order chi connectivity index (χ1) is 13.1. The summed E-state index contributed by atoms with van der Waals surface area (Å²) in [5.41, 5.74) is 0.662. The number of nitrogens with zero attached hydrogens (tertiary/aromatic N) is 4. The quantitative estimate of drug-likeness (QED) is 0.144. The molecule has 0 radical (unpaired) electrons. The fourth-order valence-electron chi connectivity index (χ4n) is 2.05. The Bertz CT molecular complexity index is 811. The molecule has 1 aromatic heterocycles. The molecule has 1 aromatic carbocycles. The monoisotopic (exact) mass is 442 g/mol. The fraction of sp³-hybridized carbons (Fsp3) is 0.333. The first-order valence-electron chi connectivity index (χ1n) is 8.04. The van der Waals surface area contributed by atoms with Gasteiger partial charge in [-0.2, -0.15) is 0 Å². The van der Waals surface area contributed by atoms with Gasteiger partial charge in [-0.05, 0) is 51.4 Å². The molecule has 0 spiro atoms. The second kappa shape index (κ2) is 10.3. The Labute approximate surface area is 163 Å². The predicted octanol–water partition coefficient (Wildman–Crippen LogP) is 1.82. The number of nitrogens with one attached hydrogen (secondary N) is 4. The zero-order valence-corrected chi connectivity index (χ0v) is 16.3. The highest BCUT2D eigenvalue weighted by molar-refractivity contribution is 9.10. The van der Waals surface area contributed by atoms with Crippen molar-refractivity contribution in [1.29, 1.82) is 0 Å². The van der Waals surface area contributed by atoms with Crippen molar-refractivity contribution in [3.63, 3.8) is 0 Å². The predicted molar refractivity (Wildman–Crippen MR) is 104 cm³/mol. The molecule has 10 nitrogen and oxygen atoms in total. The number of halogens is 2. The number of benzene rings is 1. The van der Waals surface area contributed by atoms with E-state index in [4.69, 9.17) is 4.63 Å². The summed E-state index contributed by atoms with van der Waals surface area (Å²) in [6.45, 7) is 3.76. The van der Waals surface area contributed by atoms with Crippen molar-refractivity contribution in [1.82, 2.24) is 20.9 Å². The highest BCUT2D eigenvalue weighted by atomic mass is 79.9. The van der Waals surface area contributed by atoms with Crippen molar-refractivity contribution in [2.45, 2.75) is 6.92 Å². The Kier molecular flexibility index (Phi) is 7.79. The standard InChI is InChI=1S/C15H20BrFN8O2/c1-3-19-15(18-2)21-7-6-20-13-12(24-27-25-13)14(23-26)22-9-4-5-11(17)10(16)8-9/h4-5,8,26H,3,6-7H2,1-2H3,(H,20,25)(H,22,23)(H2,18,19,21). The summed E-state index contributed by atoms with van der Waals surface area (Å²) in [5, 5.41) is 32.0. The van der Waals surface area contributed by atoms with Crippen LogP contribution >= 0.6 is 15.9 Å². The van der Waals surface area contributed by atoms with E-state index in [2.05, 4.69) is 57.7 Å². The number of hydrogen-bond acceptors (Lipinski definition) is 7. The van der Waals surface area contributed by atoms with Gasteiger partial charge in [0.1, 0.15) is 5.82 Å². The Morgan fingerprint density at radius 2 is 2.11 bits per heavy atom. The molecule has 0 fully saturated rings. The van der Waals surface area contributed by atoms with Crippen LogP contribution in [-0.2, 0) is 0 Å². The maximum atomic E-state index is 13.3. The Morgan fingerprint density at radius 3 is 2.78 bits per heavy atom. The van der Waals surface area contributed by atoms with Crippen LogP contribution in [0.25, 0.3) is 0 Å². The van der Waals surface area contributed by atoms with E-state index in [0.717, 1.165) is 6.54 Å². The van der Waals surface area contributed by atoms with Gasteiger partial charge < -0.3 is 26.5 Å². The number of guanidine groups is 1. The topological polar surface area (TPSA) is 132 Å². The molecule has 2 aromatic rings. The van der Waals surface area contributed by atoms with Gasteiger partial charge in [0.25, 0.3) is 0 Å². The largest absolute Gasteiger partial charge is 0.409 e. The first kappa shape index (κ1) is 20.4. The summed E-state index contributed by atoms with van der Waals surface area (Å²) in [6.07, 6.45) is 0. The molecule has 0 bridgehead atoms. The van der Waals surface area contributed by atoms with Gasteiger partial charge in [0, 0.05) is 32.4 Å². The number of hydrogen-bond donors (Lipinski definition) is 5. The van der Waals surface area contributed by atoms with Crippen LogP contribution in [0.3, 0.4) is 0 Å². The van der Waals surface area contributed by atoms with Crippen LogP contribution in [0.5, 0.6) is 0 Å². The maximum absolute atomic E-state index is 13.3. The van der Waals surface area contributed by atoms with Gasteiger partial charge in [0.05, 0.1) is 4.47 Å². The van der Waals surface area contributed by atoms with Crippen molar-refractivity contribution >= 4 is 39.2 Å². The van der Waals surface area contributed by atoms with Gasteiger partial charge in [-0.15, -0.1) is 0 Å². The molecule has 27 heavy (non-hydrogen) atoms. The minimum absolute atomic E-state index is 0.00585. The highest BCUT2D eigenvalue weighted by Crippen LogP contribution is 2.21. The summed E-state index contributed by atoms with van der Waals surface area (Å²) in [5.74, 6) is 0.554. The molecule has 0 aliphatic heterocycles. The van der Waals surface area contributed by atoms with Crippen molar-refractivity contribution in [2.24, 2.45) is 10.1 Å². The summed E-state index contributed by atoms with van der Waals surface area (Å²) < 4.78 is 18.3. The van der Waals surface area contributed by atoms with Gasteiger partial charge >= 0.3 is 0 Å². The van der Waals surface area contributed by atoms with Gasteiger partial charge in [-0.25, -0.2) is 9.02 Å². The molecule has 2 rings (SSSR count). The molecule has 0 aliphatic carbocycles. The zero-order chi connectivity index (χ0) is 19.6. The van der Waals surface area contributed by atoms with Crippen LogP contribution < -0.4 is 21.3 Å². The number of oxime groups is 1. The van der Waals surface area contributed by atoms with Gasteiger partial charge in [-0.1, -0.05) is 5.16 Å². The van der Waals surface area contributed by atoms with E-state index >= 15 is 0 Å². The van der Waals surface area contributed by atoms with Gasteiger partial charge in [0.15, 0.2) is 11.7 Å². The lowest BCUT2D eigenvalue weighted by Gasteiger charge is -2.11. The summed E-state index contributed by atoms with van der Waals surface area (Å²) in [4.78, 5) is 4.06. The molecule has 5 N–H and O–H groups in total. The number of anilines is 2. The van der Waals surface area contributed by atoms with Crippen LogP contribution in [0.15, 0.2) is 37.4 Å². The lowest BCUT2D eigenvalue weighted by Crippen LogP contribution is -2.39. The molecule has 0 unspecified atom stereocenters. The molecule has 12 heteroatoms. The lowest BCUT2D eigenvalue weighted by atomic mass is 10.3. The molecular weight excluding hydrogens is 423 g/mol. The average molecular weight is 443 g/mol. The fourth-order valence-corrected chi connectivity index (χ4v) is 2.43. The minimum Gasteiger partial charge on any atom is -0.409 e. The SMILES string of the molecule is CCN/C(=N\C)NCCNc1nonc1/C(=N/O)Nc1ccc(F)c(Br)c1. The summed E-state index contributed by atoms with van der Waals surface area (Å²) in [7, 11) is 1.68. The third kappa shape index (κ3) is 5.81. The number of aromatic nitrogens is 2. The molecule has 1 heterocycles. The lowest BCUT2D eigenvalue weighted by molar-refractivity contribution is 0.305. The van der Waals surface area contributed by atoms with Crippen molar-refractivity contribution < 1.29 is 14.2 Å². The number of rotatable bonds is 7. The van der Waals surface area contributed by atoms with E-state index in [9.17, 15) is 9.60 Å². The van der Waals surface area contributed by atoms with Crippen LogP contribution in [-0.4, -0.2) is 54.0 Å². The molecule has 0 aliphatic rings. The van der Waals surface area contributed by atoms with Crippen LogP contribution in [0.4, 0.5) is 15.9 Å². The maximum Gasteiger partial charge on any atom is 0.203 e. The number of aliphatic imine (C=N–C) groups is 1. The van der Waals surface area contributed by atoms with E-state index in [1.165, 1.54) is 18.2 Å². The second-order valence-corrected chi connectivity index (χ2v) is 5.97. The molecule has 0 saturated carbocycles. The van der Waals surface area contributed by atoms with Crippen LogP contribution in [0.1, 0.15) is 12.6 Å². The molecule has 146 valence electrons. The van der Waals surface area contributed by atoms with Crippen molar-refractivity contribution in [3.05, 3.63) is 34.2 Å². The molecular formula is C15H20BrFN8O2. The van der Waals surface area contributed by atoms with Crippen LogP contribution in [0, 0.1) is 5.82 Å². The Morgan fingerprint density at radius 1 is 1.30 bits per heavy atom. The molecule has 0 atom stereocenters. The normalized spacial score (nSPS) is 12.0. The van der Waals surface area contributed by atoms with E-state index in [1.807, 2.05) is 6.92 Å². The first-order valence-corrected chi connectivity index (χ1v) is 8.83. The summed E-state index contributed by atoms with van der Waals surface area (Å²) in [6, 6.07) is 4.25. The zero-order valence-electron chi connectivity index (χ0n) is 14.8. The minimum atomic E-state index is -0.409. The molecule has 0 saturated heterocycles. The van der Waals surface area contributed by atoms with Gasteiger partial charge in [0.2, 0.25) is 11.7 Å². The van der Waals surface area contributed by atoms with E-state index in [-0.39, 0.29) is 21.8 Å².